The maximum atomic E-state index is 13.3. The van der Waals surface area contributed by atoms with Gasteiger partial charge in [0.25, 0.3) is 0 Å². The topological polar surface area (TPSA) is 59.1 Å². The SMILES string of the molecule is Cc1cc(S(=O)(=O)NCc2ncc(Cc3ccccc3)s2)ccc1F. The molecular formula is C18H17FN2O2S2. The molecule has 0 aliphatic carbocycles. The molecule has 2 aromatic carbocycles. The Bertz CT molecular complexity index is 970. The maximum Gasteiger partial charge on any atom is 0.240 e. The van der Waals surface area contributed by atoms with Crippen molar-refractivity contribution < 1.29 is 12.8 Å². The van der Waals surface area contributed by atoms with Gasteiger partial charge in [-0.1, -0.05) is 30.3 Å². The normalized spacial score (nSPS) is 11.6. The molecular weight excluding hydrogens is 359 g/mol. The van der Waals surface area contributed by atoms with E-state index in [0.29, 0.717) is 10.6 Å². The number of aromatic nitrogens is 1. The van der Waals surface area contributed by atoms with Gasteiger partial charge in [0.1, 0.15) is 10.8 Å². The predicted octanol–water partition coefficient (Wildman–Crippen LogP) is 3.66. The van der Waals surface area contributed by atoms with E-state index >= 15 is 0 Å². The second-order valence-electron chi connectivity index (χ2n) is 5.62. The quantitative estimate of drug-likeness (QED) is 0.714. The molecule has 0 spiro atoms. The molecule has 0 atom stereocenters. The molecule has 25 heavy (non-hydrogen) atoms. The predicted molar refractivity (Wildman–Crippen MR) is 96.5 cm³/mol. The molecule has 3 rings (SSSR count). The Morgan fingerprint density at radius 3 is 2.64 bits per heavy atom. The molecule has 0 saturated carbocycles. The summed E-state index contributed by atoms with van der Waals surface area (Å²) < 4.78 is 40.4. The lowest BCUT2D eigenvalue weighted by Gasteiger charge is -2.06. The molecule has 130 valence electrons. The van der Waals surface area contributed by atoms with Crippen LogP contribution in [0.15, 0.2) is 59.6 Å². The highest BCUT2D eigenvalue weighted by molar-refractivity contribution is 7.89. The standard InChI is InChI=1S/C18H17FN2O2S2/c1-13-9-16(7-8-17(13)19)25(22,23)21-12-18-20-11-15(24-18)10-14-5-3-2-4-6-14/h2-9,11,21H,10,12H2,1H3. The first-order chi connectivity index (χ1) is 11.9. The van der Waals surface area contributed by atoms with E-state index in [1.54, 1.807) is 6.20 Å². The van der Waals surface area contributed by atoms with Crippen LogP contribution in [0.25, 0.3) is 0 Å². The van der Waals surface area contributed by atoms with Gasteiger partial charge in [0.2, 0.25) is 10.0 Å². The van der Waals surface area contributed by atoms with Crippen LogP contribution < -0.4 is 4.72 Å². The van der Waals surface area contributed by atoms with Gasteiger partial charge in [-0.3, -0.25) is 0 Å². The van der Waals surface area contributed by atoms with Crippen molar-refractivity contribution in [1.29, 1.82) is 0 Å². The Morgan fingerprint density at radius 1 is 1.16 bits per heavy atom. The summed E-state index contributed by atoms with van der Waals surface area (Å²) in [6.45, 7) is 1.64. The van der Waals surface area contributed by atoms with Gasteiger partial charge in [-0.2, -0.15) is 0 Å². The van der Waals surface area contributed by atoms with E-state index in [4.69, 9.17) is 0 Å². The number of aryl methyl sites for hydroxylation is 1. The molecule has 0 unspecified atom stereocenters. The fraction of sp³-hybridized carbons (Fsp3) is 0.167. The van der Waals surface area contributed by atoms with Gasteiger partial charge < -0.3 is 0 Å². The van der Waals surface area contributed by atoms with E-state index in [9.17, 15) is 12.8 Å². The molecule has 0 saturated heterocycles. The Morgan fingerprint density at radius 2 is 1.92 bits per heavy atom. The number of hydrogen-bond donors (Lipinski definition) is 1. The highest BCUT2D eigenvalue weighted by Crippen LogP contribution is 2.19. The van der Waals surface area contributed by atoms with Gasteiger partial charge in [-0.05, 0) is 36.2 Å². The van der Waals surface area contributed by atoms with Crippen LogP contribution >= 0.6 is 11.3 Å². The van der Waals surface area contributed by atoms with Crippen LogP contribution in [-0.4, -0.2) is 13.4 Å². The van der Waals surface area contributed by atoms with Crippen LogP contribution in [0.3, 0.4) is 0 Å². The number of sulfonamides is 1. The summed E-state index contributed by atoms with van der Waals surface area (Å²) in [5, 5.41) is 0.688. The summed E-state index contributed by atoms with van der Waals surface area (Å²) in [5.74, 6) is -0.426. The van der Waals surface area contributed by atoms with Gasteiger partial charge >= 0.3 is 0 Å². The molecule has 0 aliphatic rings. The molecule has 3 aromatic rings. The molecule has 7 heteroatoms. The lowest BCUT2D eigenvalue weighted by molar-refractivity contribution is 0.579. The summed E-state index contributed by atoms with van der Waals surface area (Å²) in [4.78, 5) is 5.39. The Hall–Kier alpha value is -2.09. The summed E-state index contributed by atoms with van der Waals surface area (Å²) in [6.07, 6.45) is 2.53. The van der Waals surface area contributed by atoms with Crippen LogP contribution in [0.5, 0.6) is 0 Å². The number of nitrogens with zero attached hydrogens (tertiary/aromatic N) is 1. The first kappa shape index (κ1) is 17.7. The van der Waals surface area contributed by atoms with Gasteiger partial charge in [0.05, 0.1) is 11.4 Å². The molecule has 0 radical (unpaired) electrons. The molecule has 0 aliphatic heterocycles. The number of rotatable bonds is 6. The molecule has 1 aromatic heterocycles. The van der Waals surface area contributed by atoms with E-state index < -0.39 is 15.8 Å². The van der Waals surface area contributed by atoms with Crippen molar-refractivity contribution in [2.45, 2.75) is 24.8 Å². The Balaban J connectivity index is 1.66. The van der Waals surface area contributed by atoms with Crippen molar-refractivity contribution >= 4 is 21.4 Å². The first-order valence-electron chi connectivity index (χ1n) is 7.67. The second kappa shape index (κ2) is 7.43. The first-order valence-corrected chi connectivity index (χ1v) is 9.97. The second-order valence-corrected chi connectivity index (χ2v) is 8.58. The van der Waals surface area contributed by atoms with E-state index in [1.165, 1.54) is 36.0 Å². The van der Waals surface area contributed by atoms with Crippen molar-refractivity contribution in [2.75, 3.05) is 0 Å². The third-order valence-electron chi connectivity index (χ3n) is 3.68. The summed E-state index contributed by atoms with van der Waals surface area (Å²) >= 11 is 1.47. The number of hydrogen-bond acceptors (Lipinski definition) is 4. The largest absolute Gasteiger partial charge is 0.248 e. The Kier molecular flexibility index (Phi) is 5.27. The van der Waals surface area contributed by atoms with Crippen molar-refractivity contribution in [3.63, 3.8) is 0 Å². The molecule has 4 nitrogen and oxygen atoms in total. The van der Waals surface area contributed by atoms with Crippen LogP contribution in [0, 0.1) is 12.7 Å². The zero-order valence-electron chi connectivity index (χ0n) is 13.6. The molecule has 0 bridgehead atoms. The molecule has 1 N–H and O–H groups in total. The summed E-state index contributed by atoms with van der Waals surface area (Å²) in [5.41, 5.74) is 1.47. The average Bonchev–Trinajstić information content (AvgIpc) is 3.04. The average molecular weight is 376 g/mol. The van der Waals surface area contributed by atoms with Crippen molar-refractivity contribution in [3.8, 4) is 0 Å². The maximum absolute atomic E-state index is 13.3. The zero-order valence-corrected chi connectivity index (χ0v) is 15.2. The zero-order chi connectivity index (χ0) is 17.9. The minimum atomic E-state index is -3.70. The molecule has 0 amide bonds. The third-order valence-corrected chi connectivity index (χ3v) is 6.07. The van der Waals surface area contributed by atoms with Gasteiger partial charge in [0, 0.05) is 17.5 Å². The highest BCUT2D eigenvalue weighted by Gasteiger charge is 2.16. The number of nitrogens with one attached hydrogen (secondary N) is 1. The van der Waals surface area contributed by atoms with E-state index in [1.807, 2.05) is 30.3 Å². The van der Waals surface area contributed by atoms with Crippen molar-refractivity contribution in [3.05, 3.63) is 81.6 Å². The fourth-order valence-corrected chi connectivity index (χ4v) is 4.39. The fourth-order valence-electron chi connectivity index (χ4n) is 2.33. The summed E-state index contributed by atoms with van der Waals surface area (Å²) in [7, 11) is -3.70. The molecule has 1 heterocycles. The number of thiazole rings is 1. The lowest BCUT2D eigenvalue weighted by Crippen LogP contribution is -2.23. The van der Waals surface area contributed by atoms with E-state index in [2.05, 4.69) is 9.71 Å². The van der Waals surface area contributed by atoms with Gasteiger partial charge in [0.15, 0.2) is 0 Å². The van der Waals surface area contributed by atoms with Gasteiger partial charge in [-0.25, -0.2) is 22.5 Å². The van der Waals surface area contributed by atoms with Crippen molar-refractivity contribution in [2.24, 2.45) is 0 Å². The van der Waals surface area contributed by atoms with Crippen LogP contribution in [0.2, 0.25) is 0 Å². The minimum absolute atomic E-state index is 0.0486. The van der Waals surface area contributed by atoms with Crippen LogP contribution in [-0.2, 0) is 23.0 Å². The van der Waals surface area contributed by atoms with Crippen LogP contribution in [0.4, 0.5) is 4.39 Å². The summed E-state index contributed by atoms with van der Waals surface area (Å²) in [6, 6.07) is 13.7. The highest BCUT2D eigenvalue weighted by atomic mass is 32.2. The minimum Gasteiger partial charge on any atom is -0.248 e. The molecule has 0 fully saturated rings. The smallest absolute Gasteiger partial charge is 0.240 e. The van der Waals surface area contributed by atoms with Crippen LogP contribution in [0.1, 0.15) is 21.0 Å². The monoisotopic (exact) mass is 376 g/mol. The number of benzene rings is 2. The van der Waals surface area contributed by atoms with E-state index in [-0.39, 0.29) is 11.4 Å². The van der Waals surface area contributed by atoms with Crippen molar-refractivity contribution in [1.82, 2.24) is 9.71 Å². The van der Waals surface area contributed by atoms with E-state index in [0.717, 1.165) is 17.4 Å². The van der Waals surface area contributed by atoms with Gasteiger partial charge in [-0.15, -0.1) is 11.3 Å². The Labute approximate surface area is 150 Å². The third kappa shape index (κ3) is 4.50. The number of halogens is 1. The lowest BCUT2D eigenvalue weighted by atomic mass is 10.1.